The van der Waals surface area contributed by atoms with E-state index in [0.29, 0.717) is 5.56 Å². The highest BCUT2D eigenvalue weighted by Crippen LogP contribution is 2.22. The van der Waals surface area contributed by atoms with Crippen LogP contribution in [-0.2, 0) is 11.3 Å². The van der Waals surface area contributed by atoms with E-state index in [0.717, 1.165) is 0 Å². The number of aromatic nitrogens is 3. The van der Waals surface area contributed by atoms with Crippen molar-refractivity contribution in [2.45, 2.75) is 13.5 Å². The minimum absolute atomic E-state index is 0.00185. The van der Waals surface area contributed by atoms with Gasteiger partial charge in [0.2, 0.25) is 0 Å². The first-order chi connectivity index (χ1) is 9.17. The van der Waals surface area contributed by atoms with Crippen LogP contribution in [0.1, 0.15) is 23.0 Å². The summed E-state index contributed by atoms with van der Waals surface area (Å²) in [5.41, 5.74) is 0.760. The molecule has 1 aromatic carbocycles. The zero-order valence-corrected chi connectivity index (χ0v) is 10.2. The molecule has 1 aromatic heterocycles. The van der Waals surface area contributed by atoms with Crippen LogP contribution in [0.15, 0.2) is 18.2 Å². The number of nitrogens with one attached hydrogen (secondary N) is 1. The van der Waals surface area contributed by atoms with Gasteiger partial charge in [0.25, 0.3) is 0 Å². The predicted molar refractivity (Wildman–Crippen MR) is 63.7 cm³/mol. The van der Waals surface area contributed by atoms with Crippen LogP contribution in [0, 0.1) is 5.82 Å². The molecule has 7 heteroatoms. The summed E-state index contributed by atoms with van der Waals surface area (Å²) in [6, 6.07) is 4.16. The van der Waals surface area contributed by atoms with Gasteiger partial charge < -0.3 is 9.84 Å². The molecular weight excluding hydrogens is 253 g/mol. The van der Waals surface area contributed by atoms with E-state index < -0.39 is 18.4 Å². The Morgan fingerprint density at radius 1 is 1.47 bits per heavy atom. The summed E-state index contributed by atoms with van der Waals surface area (Å²) in [5.74, 6) is -1.20. The fourth-order valence-corrected chi connectivity index (χ4v) is 1.60. The van der Waals surface area contributed by atoms with Crippen LogP contribution in [0.2, 0.25) is 0 Å². The minimum atomic E-state index is -0.627. The van der Waals surface area contributed by atoms with Gasteiger partial charge in [-0.2, -0.15) is 10.3 Å². The van der Waals surface area contributed by atoms with Crippen LogP contribution in [-0.4, -0.2) is 33.1 Å². The molecule has 0 radical (unpaired) electrons. The number of hydrogen-bond acceptors (Lipinski definition) is 5. The van der Waals surface area contributed by atoms with Crippen molar-refractivity contribution < 1.29 is 19.0 Å². The van der Waals surface area contributed by atoms with Crippen molar-refractivity contribution in [1.82, 2.24) is 15.4 Å². The number of carbonyl (C=O) groups excluding carboxylic acids is 1. The Morgan fingerprint density at radius 3 is 2.89 bits per heavy atom. The van der Waals surface area contributed by atoms with E-state index in [1.165, 1.54) is 12.1 Å². The molecule has 0 saturated heterocycles. The Bertz CT molecular complexity index is 598. The molecule has 100 valence electrons. The Labute approximate surface area is 108 Å². The van der Waals surface area contributed by atoms with Crippen LogP contribution in [0.3, 0.4) is 0 Å². The Hall–Kier alpha value is -2.28. The first kappa shape index (κ1) is 13.2. The molecule has 2 N–H and O–H groups in total. The van der Waals surface area contributed by atoms with E-state index in [9.17, 15) is 9.18 Å². The molecule has 0 aliphatic rings. The van der Waals surface area contributed by atoms with Crippen molar-refractivity contribution in [3.63, 3.8) is 0 Å². The Balaban J connectivity index is 2.40. The lowest BCUT2D eigenvalue weighted by Crippen LogP contribution is -2.07. The normalized spacial score (nSPS) is 10.5. The zero-order valence-electron chi connectivity index (χ0n) is 10.2. The molecule has 0 bridgehead atoms. The number of ether oxygens (including phenoxy) is 1. The minimum Gasteiger partial charge on any atom is -0.461 e. The molecule has 0 unspecified atom stereocenters. The van der Waals surface area contributed by atoms with Crippen molar-refractivity contribution in [2.75, 3.05) is 6.61 Å². The molecule has 0 spiro atoms. The van der Waals surface area contributed by atoms with Crippen LogP contribution in [0.4, 0.5) is 4.39 Å². The Morgan fingerprint density at radius 2 is 2.26 bits per heavy atom. The predicted octanol–water partition coefficient (Wildman–Crippen LogP) is 1.28. The van der Waals surface area contributed by atoms with Gasteiger partial charge >= 0.3 is 5.97 Å². The molecule has 0 atom stereocenters. The van der Waals surface area contributed by atoms with Crippen LogP contribution >= 0.6 is 0 Å². The maximum absolute atomic E-state index is 13.6. The second kappa shape index (κ2) is 5.57. The van der Waals surface area contributed by atoms with E-state index >= 15 is 0 Å². The third kappa shape index (κ3) is 2.60. The SMILES string of the molecule is CCOC(=O)c1n[nH]nc1-c1ccc(CO)c(F)c1. The van der Waals surface area contributed by atoms with Gasteiger partial charge in [-0.25, -0.2) is 9.18 Å². The summed E-state index contributed by atoms with van der Waals surface area (Å²) in [6.45, 7) is 1.49. The number of esters is 1. The molecule has 1 heterocycles. The summed E-state index contributed by atoms with van der Waals surface area (Å²) in [5, 5.41) is 18.7. The van der Waals surface area contributed by atoms with E-state index in [1.54, 1.807) is 13.0 Å². The van der Waals surface area contributed by atoms with Crippen molar-refractivity contribution in [3.05, 3.63) is 35.3 Å². The number of halogens is 1. The molecule has 19 heavy (non-hydrogen) atoms. The number of benzene rings is 1. The maximum atomic E-state index is 13.6. The number of hydrogen-bond donors (Lipinski definition) is 2. The summed E-state index contributed by atoms with van der Waals surface area (Å²) in [4.78, 5) is 11.6. The summed E-state index contributed by atoms with van der Waals surface area (Å²) < 4.78 is 18.4. The van der Waals surface area contributed by atoms with Crippen molar-refractivity contribution in [1.29, 1.82) is 0 Å². The molecule has 0 amide bonds. The smallest absolute Gasteiger partial charge is 0.361 e. The molecule has 6 nitrogen and oxygen atoms in total. The number of carbonyl (C=O) groups is 1. The number of rotatable bonds is 4. The number of H-pyrrole nitrogens is 1. The fraction of sp³-hybridized carbons (Fsp3) is 0.250. The molecule has 0 aliphatic heterocycles. The first-order valence-corrected chi connectivity index (χ1v) is 5.65. The number of nitrogens with zero attached hydrogens (tertiary/aromatic N) is 2. The van der Waals surface area contributed by atoms with Crippen molar-refractivity contribution >= 4 is 5.97 Å². The van der Waals surface area contributed by atoms with Crippen LogP contribution in [0.25, 0.3) is 11.3 Å². The molecular formula is C12H12FN3O3. The standard InChI is InChI=1S/C12H12FN3O3/c1-2-19-12(18)11-10(14-16-15-11)7-3-4-8(6-17)9(13)5-7/h3-5,17H,2,6H2,1H3,(H,14,15,16). The summed E-state index contributed by atoms with van der Waals surface area (Å²) >= 11 is 0. The second-order valence-corrected chi connectivity index (χ2v) is 3.71. The molecule has 2 aromatic rings. The molecule has 0 fully saturated rings. The summed E-state index contributed by atoms with van der Waals surface area (Å²) in [6.07, 6.45) is 0. The van der Waals surface area contributed by atoms with Gasteiger partial charge in [0.1, 0.15) is 11.5 Å². The lowest BCUT2D eigenvalue weighted by Gasteiger charge is -2.03. The van der Waals surface area contributed by atoms with Crippen LogP contribution < -0.4 is 0 Å². The van der Waals surface area contributed by atoms with Gasteiger partial charge in [0, 0.05) is 11.1 Å². The highest BCUT2D eigenvalue weighted by atomic mass is 19.1. The van der Waals surface area contributed by atoms with Gasteiger partial charge in [-0.1, -0.05) is 12.1 Å². The van der Waals surface area contributed by atoms with E-state index in [1.807, 2.05) is 0 Å². The third-order valence-corrected chi connectivity index (χ3v) is 2.51. The molecule has 0 saturated carbocycles. The van der Waals surface area contributed by atoms with E-state index in [2.05, 4.69) is 15.4 Å². The number of aliphatic hydroxyl groups is 1. The average molecular weight is 265 g/mol. The molecule has 2 rings (SSSR count). The quantitative estimate of drug-likeness (QED) is 0.813. The number of aromatic amines is 1. The van der Waals surface area contributed by atoms with Gasteiger partial charge in [-0.3, -0.25) is 0 Å². The van der Waals surface area contributed by atoms with E-state index in [-0.39, 0.29) is 23.6 Å². The average Bonchev–Trinajstić information content (AvgIpc) is 2.88. The largest absolute Gasteiger partial charge is 0.461 e. The maximum Gasteiger partial charge on any atom is 0.361 e. The monoisotopic (exact) mass is 265 g/mol. The van der Waals surface area contributed by atoms with Gasteiger partial charge in [0.15, 0.2) is 5.69 Å². The summed E-state index contributed by atoms with van der Waals surface area (Å²) in [7, 11) is 0. The lowest BCUT2D eigenvalue weighted by molar-refractivity contribution is 0.0520. The fourth-order valence-electron chi connectivity index (χ4n) is 1.60. The Kier molecular flexibility index (Phi) is 3.86. The second-order valence-electron chi connectivity index (χ2n) is 3.71. The number of aliphatic hydroxyl groups excluding tert-OH is 1. The third-order valence-electron chi connectivity index (χ3n) is 2.51. The zero-order chi connectivity index (χ0) is 13.8. The van der Waals surface area contributed by atoms with Crippen molar-refractivity contribution in [3.8, 4) is 11.3 Å². The van der Waals surface area contributed by atoms with Gasteiger partial charge in [-0.15, -0.1) is 5.10 Å². The van der Waals surface area contributed by atoms with Gasteiger partial charge in [0.05, 0.1) is 13.2 Å². The lowest BCUT2D eigenvalue weighted by atomic mass is 10.1. The van der Waals surface area contributed by atoms with Crippen LogP contribution in [0.5, 0.6) is 0 Å². The first-order valence-electron chi connectivity index (χ1n) is 5.65. The molecule has 0 aliphatic carbocycles. The van der Waals surface area contributed by atoms with Gasteiger partial charge in [-0.05, 0) is 13.0 Å². The topological polar surface area (TPSA) is 88.1 Å². The highest BCUT2D eigenvalue weighted by molar-refractivity contribution is 5.93. The van der Waals surface area contributed by atoms with E-state index in [4.69, 9.17) is 9.84 Å². The van der Waals surface area contributed by atoms with Crippen molar-refractivity contribution in [2.24, 2.45) is 0 Å². The highest BCUT2D eigenvalue weighted by Gasteiger charge is 2.19.